The summed E-state index contributed by atoms with van der Waals surface area (Å²) in [6, 6.07) is 0.546. The molecule has 0 saturated carbocycles. The molecule has 0 fully saturated rings. The number of nitrogens with one attached hydrogen (secondary N) is 1. The molecule has 0 unspecified atom stereocenters. The van der Waals surface area contributed by atoms with Gasteiger partial charge < -0.3 is 15.3 Å². The lowest BCUT2D eigenvalue weighted by molar-refractivity contribution is 0.122. The van der Waals surface area contributed by atoms with Crippen LogP contribution in [0.4, 0.5) is 0 Å². The van der Waals surface area contributed by atoms with E-state index < -0.39 is 0 Å². The molecule has 0 aromatic rings. The molecule has 0 amide bonds. The molecule has 0 bridgehead atoms. The first-order valence-electron chi connectivity index (χ1n) is 5.16. The molecule has 0 aliphatic carbocycles. The van der Waals surface area contributed by atoms with E-state index in [9.17, 15) is 5.11 Å². The van der Waals surface area contributed by atoms with Gasteiger partial charge in [-0.25, -0.2) is 0 Å². The summed E-state index contributed by atoms with van der Waals surface area (Å²) in [6.45, 7) is 9.04. The Labute approximate surface area is 82.1 Å². The van der Waals surface area contributed by atoms with Gasteiger partial charge >= 0.3 is 0 Å². The first kappa shape index (κ1) is 12.9. The lowest BCUT2D eigenvalue weighted by Crippen LogP contribution is -2.36. The maximum absolute atomic E-state index is 9.37. The number of likely N-dealkylation sites (N-methyl/N-ethyl adjacent to an activating group) is 1. The zero-order valence-corrected chi connectivity index (χ0v) is 9.38. The Morgan fingerprint density at radius 2 is 2.00 bits per heavy atom. The van der Waals surface area contributed by atoms with E-state index in [2.05, 4.69) is 24.1 Å². The van der Waals surface area contributed by atoms with Gasteiger partial charge in [-0.2, -0.15) is 0 Å². The zero-order chi connectivity index (χ0) is 10.3. The van der Waals surface area contributed by atoms with Gasteiger partial charge in [-0.3, -0.25) is 0 Å². The SMILES string of the molecule is CC[C@H](O)CN(C)CCNC(C)C. The normalized spacial score (nSPS) is 14.1. The van der Waals surface area contributed by atoms with Crippen molar-refractivity contribution in [3.63, 3.8) is 0 Å². The van der Waals surface area contributed by atoms with Crippen LogP contribution in [0.1, 0.15) is 27.2 Å². The van der Waals surface area contributed by atoms with Crippen LogP contribution in [0, 0.1) is 0 Å². The van der Waals surface area contributed by atoms with Gasteiger partial charge in [0, 0.05) is 25.7 Å². The van der Waals surface area contributed by atoms with E-state index in [1.807, 2.05) is 14.0 Å². The average Bonchev–Trinajstić information content (AvgIpc) is 2.03. The summed E-state index contributed by atoms with van der Waals surface area (Å²) in [5.74, 6) is 0. The fourth-order valence-electron chi connectivity index (χ4n) is 1.12. The van der Waals surface area contributed by atoms with Crippen molar-refractivity contribution in [3.8, 4) is 0 Å². The highest BCUT2D eigenvalue weighted by molar-refractivity contribution is 4.61. The van der Waals surface area contributed by atoms with E-state index >= 15 is 0 Å². The standard InChI is InChI=1S/C10H24N2O/c1-5-10(13)8-12(4)7-6-11-9(2)3/h9-11,13H,5-8H2,1-4H3/t10-/m0/s1. The molecule has 13 heavy (non-hydrogen) atoms. The third kappa shape index (κ3) is 8.22. The van der Waals surface area contributed by atoms with Crippen LogP contribution >= 0.6 is 0 Å². The maximum Gasteiger partial charge on any atom is 0.0664 e. The molecule has 0 spiro atoms. The molecule has 80 valence electrons. The second-order valence-electron chi connectivity index (χ2n) is 3.93. The van der Waals surface area contributed by atoms with Gasteiger partial charge in [-0.15, -0.1) is 0 Å². The Morgan fingerprint density at radius 3 is 2.46 bits per heavy atom. The smallest absolute Gasteiger partial charge is 0.0664 e. The second-order valence-corrected chi connectivity index (χ2v) is 3.93. The van der Waals surface area contributed by atoms with Crippen LogP contribution in [0.3, 0.4) is 0 Å². The highest BCUT2D eigenvalue weighted by Gasteiger charge is 2.04. The Hall–Kier alpha value is -0.120. The van der Waals surface area contributed by atoms with Gasteiger partial charge in [0.25, 0.3) is 0 Å². The fourth-order valence-corrected chi connectivity index (χ4v) is 1.12. The van der Waals surface area contributed by atoms with Crippen molar-refractivity contribution in [3.05, 3.63) is 0 Å². The lowest BCUT2D eigenvalue weighted by Gasteiger charge is -2.20. The summed E-state index contributed by atoms with van der Waals surface area (Å²) in [7, 11) is 2.04. The summed E-state index contributed by atoms with van der Waals surface area (Å²) in [5, 5.41) is 12.7. The van der Waals surface area contributed by atoms with E-state index in [0.29, 0.717) is 6.04 Å². The second kappa shape index (κ2) is 7.30. The van der Waals surface area contributed by atoms with Gasteiger partial charge in [0.1, 0.15) is 0 Å². The predicted octanol–water partition coefficient (Wildman–Crippen LogP) is 0.687. The predicted molar refractivity (Wildman–Crippen MR) is 56.9 cm³/mol. The van der Waals surface area contributed by atoms with Crippen LogP contribution < -0.4 is 5.32 Å². The quantitative estimate of drug-likeness (QED) is 0.617. The first-order chi connectivity index (χ1) is 6.06. The molecule has 2 N–H and O–H groups in total. The monoisotopic (exact) mass is 188 g/mol. The Balaban J connectivity index is 3.34. The van der Waals surface area contributed by atoms with Gasteiger partial charge in [0.05, 0.1) is 6.10 Å². The van der Waals surface area contributed by atoms with Crippen LogP contribution in [0.2, 0.25) is 0 Å². The molecule has 0 heterocycles. The van der Waals surface area contributed by atoms with Crippen molar-refractivity contribution < 1.29 is 5.11 Å². The summed E-state index contributed by atoms with van der Waals surface area (Å²) >= 11 is 0. The summed E-state index contributed by atoms with van der Waals surface area (Å²) in [4.78, 5) is 2.16. The zero-order valence-electron chi connectivity index (χ0n) is 9.38. The van der Waals surface area contributed by atoms with Crippen molar-refractivity contribution in [2.75, 3.05) is 26.7 Å². The maximum atomic E-state index is 9.37. The molecule has 1 atom stereocenters. The molecule has 0 aliphatic heterocycles. The summed E-state index contributed by atoms with van der Waals surface area (Å²) in [6.07, 6.45) is 0.658. The van der Waals surface area contributed by atoms with Crippen LogP contribution in [0.25, 0.3) is 0 Å². The minimum Gasteiger partial charge on any atom is -0.392 e. The summed E-state index contributed by atoms with van der Waals surface area (Å²) < 4.78 is 0. The highest BCUT2D eigenvalue weighted by Crippen LogP contribution is 1.92. The number of rotatable bonds is 7. The van der Waals surface area contributed by atoms with Gasteiger partial charge in [0.2, 0.25) is 0 Å². The third-order valence-corrected chi connectivity index (χ3v) is 2.04. The molecule has 3 nitrogen and oxygen atoms in total. The largest absolute Gasteiger partial charge is 0.392 e. The van der Waals surface area contributed by atoms with Gasteiger partial charge in [0.15, 0.2) is 0 Å². The van der Waals surface area contributed by atoms with E-state index in [1.165, 1.54) is 0 Å². The van der Waals surface area contributed by atoms with E-state index in [0.717, 1.165) is 26.1 Å². The van der Waals surface area contributed by atoms with Crippen molar-refractivity contribution in [2.45, 2.75) is 39.3 Å². The van der Waals surface area contributed by atoms with Crippen LogP contribution in [0.5, 0.6) is 0 Å². The molecule has 0 radical (unpaired) electrons. The van der Waals surface area contributed by atoms with E-state index in [1.54, 1.807) is 0 Å². The molecule has 0 aromatic heterocycles. The molecule has 0 rings (SSSR count). The lowest BCUT2D eigenvalue weighted by atomic mass is 10.2. The highest BCUT2D eigenvalue weighted by atomic mass is 16.3. The Bertz CT molecular complexity index is 117. The number of aliphatic hydroxyl groups is 1. The van der Waals surface area contributed by atoms with E-state index in [-0.39, 0.29) is 6.10 Å². The topological polar surface area (TPSA) is 35.5 Å². The number of hydrogen-bond donors (Lipinski definition) is 2. The van der Waals surface area contributed by atoms with Crippen molar-refractivity contribution in [1.82, 2.24) is 10.2 Å². The summed E-state index contributed by atoms with van der Waals surface area (Å²) in [5.41, 5.74) is 0. The molecular formula is C10H24N2O. The minimum absolute atomic E-state index is 0.177. The Kier molecular flexibility index (Phi) is 7.23. The van der Waals surface area contributed by atoms with Gasteiger partial charge in [-0.05, 0) is 13.5 Å². The molecule has 0 aromatic carbocycles. The van der Waals surface area contributed by atoms with E-state index in [4.69, 9.17) is 0 Å². The van der Waals surface area contributed by atoms with Crippen molar-refractivity contribution >= 4 is 0 Å². The first-order valence-corrected chi connectivity index (χ1v) is 5.16. The molecule has 3 heteroatoms. The van der Waals surface area contributed by atoms with Crippen molar-refractivity contribution in [2.24, 2.45) is 0 Å². The Morgan fingerprint density at radius 1 is 1.38 bits per heavy atom. The number of nitrogens with zero attached hydrogens (tertiary/aromatic N) is 1. The van der Waals surface area contributed by atoms with Crippen LogP contribution in [-0.4, -0.2) is 48.8 Å². The van der Waals surface area contributed by atoms with Gasteiger partial charge in [-0.1, -0.05) is 20.8 Å². The third-order valence-electron chi connectivity index (χ3n) is 2.04. The number of hydrogen-bond acceptors (Lipinski definition) is 3. The minimum atomic E-state index is -0.177. The van der Waals surface area contributed by atoms with Crippen LogP contribution in [0.15, 0.2) is 0 Å². The molecular weight excluding hydrogens is 164 g/mol. The molecule has 0 aliphatic rings. The molecule has 0 saturated heterocycles. The fraction of sp³-hybridized carbons (Fsp3) is 1.00. The number of aliphatic hydroxyl groups excluding tert-OH is 1. The van der Waals surface area contributed by atoms with Crippen molar-refractivity contribution in [1.29, 1.82) is 0 Å². The van der Waals surface area contributed by atoms with Crippen LogP contribution in [-0.2, 0) is 0 Å². The average molecular weight is 188 g/mol.